The van der Waals surface area contributed by atoms with Crippen LogP contribution in [0.3, 0.4) is 0 Å². The number of hydrogen-bond acceptors (Lipinski definition) is 6. The van der Waals surface area contributed by atoms with E-state index >= 15 is 0 Å². The van der Waals surface area contributed by atoms with E-state index in [0.717, 1.165) is 31.6 Å². The molecule has 1 aromatic carbocycles. The van der Waals surface area contributed by atoms with Crippen LogP contribution in [0.25, 0.3) is 0 Å². The summed E-state index contributed by atoms with van der Waals surface area (Å²) in [6.07, 6.45) is 2.46. The molecule has 0 unspecified atom stereocenters. The molecule has 150 valence electrons. The Bertz CT molecular complexity index is 1030. The number of carbonyl (C=O) groups is 1. The lowest BCUT2D eigenvalue weighted by Crippen LogP contribution is -2.29. The molecule has 29 heavy (non-hydrogen) atoms. The number of esters is 1. The fourth-order valence-corrected chi connectivity index (χ4v) is 4.98. The maximum atomic E-state index is 12.7. The van der Waals surface area contributed by atoms with E-state index in [1.807, 2.05) is 25.1 Å². The lowest BCUT2D eigenvalue weighted by atomic mass is 10.0. The number of fused-ring (bicyclic) bond motifs is 1. The molecule has 3 heterocycles. The van der Waals surface area contributed by atoms with E-state index in [4.69, 9.17) is 9.15 Å². The van der Waals surface area contributed by atoms with Gasteiger partial charge in [-0.2, -0.15) is 0 Å². The van der Waals surface area contributed by atoms with Crippen LogP contribution in [0.15, 0.2) is 56.5 Å². The van der Waals surface area contributed by atoms with Crippen molar-refractivity contribution in [3.8, 4) is 0 Å². The van der Waals surface area contributed by atoms with Crippen LogP contribution in [0.4, 0.5) is 5.00 Å². The molecule has 0 radical (unpaired) electrons. The second kappa shape index (κ2) is 9.07. The van der Waals surface area contributed by atoms with Gasteiger partial charge in [0.05, 0.1) is 18.4 Å². The minimum atomic E-state index is -0.297. The number of ether oxygens (including phenoxy) is 1. The summed E-state index contributed by atoms with van der Waals surface area (Å²) in [5.41, 5.74) is 2.97. The third kappa shape index (κ3) is 4.69. The van der Waals surface area contributed by atoms with E-state index in [-0.39, 0.29) is 5.97 Å². The Morgan fingerprint density at radius 3 is 2.86 bits per heavy atom. The fourth-order valence-electron chi connectivity index (χ4n) is 3.44. The second-order valence-electron chi connectivity index (χ2n) is 6.75. The van der Waals surface area contributed by atoms with Gasteiger partial charge in [-0.3, -0.25) is 4.90 Å². The Morgan fingerprint density at radius 1 is 1.31 bits per heavy atom. The summed E-state index contributed by atoms with van der Waals surface area (Å²) in [6, 6.07) is 14.1. The molecule has 3 aromatic rings. The fraction of sp³-hybridized carbons (Fsp3) is 0.273. The predicted molar refractivity (Wildman–Crippen MR) is 118 cm³/mol. The molecule has 4 rings (SSSR count). The average molecular weight is 473 g/mol. The van der Waals surface area contributed by atoms with Gasteiger partial charge in [0.25, 0.3) is 0 Å². The highest BCUT2D eigenvalue weighted by atomic mass is 79.9. The highest BCUT2D eigenvalue weighted by molar-refractivity contribution is 9.10. The number of rotatable bonds is 6. The summed E-state index contributed by atoms with van der Waals surface area (Å²) in [7, 11) is 0. The molecule has 1 aliphatic rings. The monoisotopic (exact) mass is 472 g/mol. The van der Waals surface area contributed by atoms with Crippen molar-refractivity contribution in [3.63, 3.8) is 0 Å². The number of carbonyl (C=O) groups excluding carboxylic acids is 1. The van der Waals surface area contributed by atoms with Gasteiger partial charge < -0.3 is 9.15 Å². The predicted octanol–water partition coefficient (Wildman–Crippen LogP) is 5.59. The highest BCUT2D eigenvalue weighted by Gasteiger charge is 2.28. The summed E-state index contributed by atoms with van der Waals surface area (Å²) in [6.45, 7) is 4.77. The summed E-state index contributed by atoms with van der Waals surface area (Å²) < 4.78 is 11.5. The lowest BCUT2D eigenvalue weighted by molar-refractivity contribution is 0.0526. The van der Waals surface area contributed by atoms with Crippen molar-refractivity contribution in [1.29, 1.82) is 0 Å². The standard InChI is InChI=1S/C22H21BrN2O3S/c1-2-27-22(26)20-17-10-11-25(13-15-6-4-3-5-7-15)14-18(17)29-21(20)24-12-16-8-9-19(23)28-16/h3-9,12H,2,10-11,13-14H2,1H3. The van der Waals surface area contributed by atoms with Crippen molar-refractivity contribution in [2.24, 2.45) is 4.99 Å². The van der Waals surface area contributed by atoms with Crippen LogP contribution in [0.1, 0.15) is 39.0 Å². The molecule has 0 atom stereocenters. The molecular weight excluding hydrogens is 452 g/mol. The number of hydrogen-bond donors (Lipinski definition) is 0. The third-order valence-electron chi connectivity index (χ3n) is 4.75. The molecule has 7 heteroatoms. The van der Waals surface area contributed by atoms with Crippen LogP contribution in [0.2, 0.25) is 0 Å². The molecule has 0 bridgehead atoms. The molecule has 0 fully saturated rings. The molecule has 1 aliphatic heterocycles. The number of aliphatic imine (C=N–C) groups is 1. The molecule has 0 spiro atoms. The van der Waals surface area contributed by atoms with Crippen molar-refractivity contribution in [1.82, 2.24) is 4.90 Å². The Labute approximate surface area is 182 Å². The van der Waals surface area contributed by atoms with E-state index in [9.17, 15) is 4.79 Å². The van der Waals surface area contributed by atoms with Crippen LogP contribution in [0.5, 0.6) is 0 Å². The SMILES string of the molecule is CCOC(=O)c1c(N=Cc2ccc(Br)o2)sc2c1CCN(Cc1ccccc1)C2. The number of halogens is 1. The van der Waals surface area contributed by atoms with Crippen molar-refractivity contribution in [2.75, 3.05) is 13.2 Å². The molecule has 0 N–H and O–H groups in total. The van der Waals surface area contributed by atoms with Gasteiger partial charge in [0.1, 0.15) is 10.8 Å². The van der Waals surface area contributed by atoms with E-state index in [1.54, 1.807) is 17.6 Å². The van der Waals surface area contributed by atoms with E-state index in [0.29, 0.717) is 27.6 Å². The zero-order valence-corrected chi connectivity index (χ0v) is 18.5. The van der Waals surface area contributed by atoms with Crippen molar-refractivity contribution in [3.05, 3.63) is 74.5 Å². The molecule has 0 amide bonds. The van der Waals surface area contributed by atoms with Crippen LogP contribution < -0.4 is 0 Å². The first-order valence-corrected chi connectivity index (χ1v) is 11.1. The molecule has 0 aliphatic carbocycles. The first-order chi connectivity index (χ1) is 14.1. The maximum absolute atomic E-state index is 12.7. The van der Waals surface area contributed by atoms with E-state index in [1.165, 1.54) is 10.4 Å². The van der Waals surface area contributed by atoms with Crippen molar-refractivity contribution >= 4 is 44.5 Å². The summed E-state index contributed by atoms with van der Waals surface area (Å²) in [5, 5.41) is 0.683. The average Bonchev–Trinajstić information content (AvgIpc) is 3.30. The summed E-state index contributed by atoms with van der Waals surface area (Å²) >= 11 is 4.85. The van der Waals surface area contributed by atoms with Gasteiger partial charge in [0.15, 0.2) is 4.67 Å². The third-order valence-corrected chi connectivity index (χ3v) is 6.30. The minimum Gasteiger partial charge on any atom is -0.462 e. The first-order valence-electron chi connectivity index (χ1n) is 9.51. The molecule has 0 saturated carbocycles. The Balaban J connectivity index is 1.61. The van der Waals surface area contributed by atoms with Crippen molar-refractivity contribution < 1.29 is 13.9 Å². The zero-order valence-electron chi connectivity index (χ0n) is 16.1. The largest absolute Gasteiger partial charge is 0.462 e. The Kier molecular flexibility index (Phi) is 6.28. The number of benzene rings is 1. The van der Waals surface area contributed by atoms with E-state index in [2.05, 4.69) is 50.1 Å². The Hall–Kier alpha value is -2.22. The number of thiophene rings is 1. The van der Waals surface area contributed by atoms with Gasteiger partial charge in [0, 0.05) is 24.5 Å². The molecule has 5 nitrogen and oxygen atoms in total. The quantitative estimate of drug-likeness (QED) is 0.346. The van der Waals surface area contributed by atoms with Crippen molar-refractivity contribution in [2.45, 2.75) is 26.4 Å². The maximum Gasteiger partial charge on any atom is 0.341 e. The first kappa shape index (κ1) is 20.1. The Morgan fingerprint density at radius 2 is 2.14 bits per heavy atom. The lowest BCUT2D eigenvalue weighted by Gasteiger charge is -2.27. The van der Waals surface area contributed by atoms with Gasteiger partial charge in [0.2, 0.25) is 0 Å². The molecule has 2 aromatic heterocycles. The van der Waals surface area contributed by atoms with E-state index < -0.39 is 0 Å². The van der Waals surface area contributed by atoms with Gasteiger partial charge in [-0.05, 0) is 52.5 Å². The van der Waals surface area contributed by atoms with Crippen LogP contribution >= 0.6 is 27.3 Å². The topological polar surface area (TPSA) is 55.0 Å². The van der Waals surface area contributed by atoms with Crippen LogP contribution in [-0.2, 0) is 24.2 Å². The molecular formula is C22H21BrN2O3S. The highest BCUT2D eigenvalue weighted by Crippen LogP contribution is 2.39. The number of furan rings is 1. The van der Waals surface area contributed by atoms with Gasteiger partial charge in [-0.1, -0.05) is 30.3 Å². The minimum absolute atomic E-state index is 0.297. The number of nitrogens with zero attached hydrogens (tertiary/aromatic N) is 2. The molecule has 0 saturated heterocycles. The van der Waals surface area contributed by atoms with Gasteiger partial charge in [-0.25, -0.2) is 9.79 Å². The zero-order chi connectivity index (χ0) is 20.2. The smallest absolute Gasteiger partial charge is 0.341 e. The summed E-state index contributed by atoms with van der Waals surface area (Å²) in [5.74, 6) is 0.332. The van der Waals surface area contributed by atoms with Gasteiger partial charge >= 0.3 is 5.97 Å². The summed E-state index contributed by atoms with van der Waals surface area (Å²) in [4.78, 5) is 20.8. The van der Waals surface area contributed by atoms with Crippen LogP contribution in [0, 0.1) is 0 Å². The normalized spacial score (nSPS) is 14.3. The van der Waals surface area contributed by atoms with Crippen LogP contribution in [-0.4, -0.2) is 30.2 Å². The second-order valence-corrected chi connectivity index (χ2v) is 8.62. The van der Waals surface area contributed by atoms with Gasteiger partial charge in [-0.15, -0.1) is 11.3 Å².